The molecular weight excluding hydrogens is 233 g/mol. The molecule has 0 bridgehead atoms. The highest BCUT2D eigenvalue weighted by atomic mass is 19.1. The predicted molar refractivity (Wildman–Crippen MR) is 66.5 cm³/mol. The van der Waals surface area contributed by atoms with Gasteiger partial charge in [-0.1, -0.05) is 12.1 Å². The SMILES string of the molecule is Cc1cc(CNCC(O)c2ccco2)ccc1F. The maximum Gasteiger partial charge on any atom is 0.133 e. The number of hydrogen-bond acceptors (Lipinski definition) is 3. The minimum Gasteiger partial charge on any atom is -0.467 e. The topological polar surface area (TPSA) is 45.4 Å². The number of furan rings is 1. The van der Waals surface area contributed by atoms with Crippen molar-refractivity contribution in [2.75, 3.05) is 6.54 Å². The minimum atomic E-state index is -0.665. The van der Waals surface area contributed by atoms with Crippen molar-refractivity contribution in [3.8, 4) is 0 Å². The largest absolute Gasteiger partial charge is 0.467 e. The summed E-state index contributed by atoms with van der Waals surface area (Å²) < 4.78 is 18.2. The molecule has 0 aliphatic heterocycles. The Morgan fingerprint density at radius 3 is 2.89 bits per heavy atom. The highest BCUT2D eigenvalue weighted by molar-refractivity contribution is 5.23. The molecule has 0 aliphatic carbocycles. The molecule has 0 aliphatic rings. The van der Waals surface area contributed by atoms with Crippen LogP contribution in [-0.2, 0) is 6.54 Å². The third-order valence-corrected chi connectivity index (χ3v) is 2.76. The molecular formula is C14H16FNO2. The summed E-state index contributed by atoms with van der Waals surface area (Å²) in [6, 6.07) is 8.45. The molecule has 18 heavy (non-hydrogen) atoms. The lowest BCUT2D eigenvalue weighted by Crippen LogP contribution is -2.20. The van der Waals surface area contributed by atoms with Gasteiger partial charge in [0.25, 0.3) is 0 Å². The Balaban J connectivity index is 1.83. The average Bonchev–Trinajstić information content (AvgIpc) is 2.87. The minimum absolute atomic E-state index is 0.200. The van der Waals surface area contributed by atoms with Gasteiger partial charge in [-0.05, 0) is 36.2 Å². The molecule has 2 aromatic rings. The lowest BCUT2D eigenvalue weighted by molar-refractivity contribution is 0.147. The molecule has 2 rings (SSSR count). The Labute approximate surface area is 105 Å². The van der Waals surface area contributed by atoms with Gasteiger partial charge >= 0.3 is 0 Å². The van der Waals surface area contributed by atoms with Gasteiger partial charge in [-0.2, -0.15) is 0 Å². The van der Waals surface area contributed by atoms with Gasteiger partial charge in [0.1, 0.15) is 17.7 Å². The van der Waals surface area contributed by atoms with Crippen LogP contribution in [0.4, 0.5) is 4.39 Å². The smallest absolute Gasteiger partial charge is 0.133 e. The molecule has 0 saturated carbocycles. The zero-order chi connectivity index (χ0) is 13.0. The fourth-order valence-corrected chi connectivity index (χ4v) is 1.75. The highest BCUT2D eigenvalue weighted by Crippen LogP contribution is 2.12. The van der Waals surface area contributed by atoms with Gasteiger partial charge in [0.15, 0.2) is 0 Å². The van der Waals surface area contributed by atoms with Gasteiger partial charge in [-0.3, -0.25) is 0 Å². The molecule has 1 heterocycles. The maximum absolute atomic E-state index is 13.1. The van der Waals surface area contributed by atoms with E-state index in [2.05, 4.69) is 5.32 Å². The lowest BCUT2D eigenvalue weighted by atomic mass is 10.1. The van der Waals surface area contributed by atoms with E-state index in [9.17, 15) is 9.50 Å². The third-order valence-electron chi connectivity index (χ3n) is 2.76. The number of aliphatic hydroxyl groups excluding tert-OH is 1. The molecule has 1 unspecified atom stereocenters. The first-order valence-corrected chi connectivity index (χ1v) is 5.84. The summed E-state index contributed by atoms with van der Waals surface area (Å²) in [5.74, 6) is 0.340. The van der Waals surface area contributed by atoms with Gasteiger partial charge in [0.05, 0.1) is 6.26 Å². The fraction of sp³-hybridized carbons (Fsp3) is 0.286. The molecule has 2 N–H and O–H groups in total. The Morgan fingerprint density at radius 1 is 1.39 bits per heavy atom. The summed E-state index contributed by atoms with van der Waals surface area (Å²) in [5.41, 5.74) is 1.61. The number of benzene rings is 1. The Kier molecular flexibility index (Phi) is 4.12. The van der Waals surface area contributed by atoms with Crippen LogP contribution in [0, 0.1) is 12.7 Å². The van der Waals surface area contributed by atoms with Crippen LogP contribution in [0.5, 0.6) is 0 Å². The molecule has 1 aromatic heterocycles. The van der Waals surface area contributed by atoms with Crippen LogP contribution >= 0.6 is 0 Å². The number of hydrogen-bond donors (Lipinski definition) is 2. The molecule has 96 valence electrons. The van der Waals surface area contributed by atoms with Gasteiger partial charge in [-0.15, -0.1) is 0 Å². The summed E-state index contributed by atoms with van der Waals surface area (Å²) in [6.07, 6.45) is 0.864. The molecule has 4 heteroatoms. The Morgan fingerprint density at radius 2 is 2.22 bits per heavy atom. The van der Waals surface area contributed by atoms with Crippen LogP contribution in [0.15, 0.2) is 41.0 Å². The molecule has 1 atom stereocenters. The van der Waals surface area contributed by atoms with Crippen molar-refractivity contribution in [3.63, 3.8) is 0 Å². The van der Waals surface area contributed by atoms with Crippen molar-refractivity contribution in [1.29, 1.82) is 0 Å². The molecule has 0 spiro atoms. The van der Waals surface area contributed by atoms with Gasteiger partial charge in [-0.25, -0.2) is 4.39 Å². The number of rotatable bonds is 5. The first kappa shape index (κ1) is 12.8. The van der Waals surface area contributed by atoms with Crippen LogP contribution in [-0.4, -0.2) is 11.7 Å². The van der Waals surface area contributed by atoms with Crippen molar-refractivity contribution in [2.24, 2.45) is 0 Å². The quantitative estimate of drug-likeness (QED) is 0.856. The summed E-state index contributed by atoms with van der Waals surface area (Å²) in [6.45, 7) is 2.71. The van der Waals surface area contributed by atoms with E-state index in [0.29, 0.717) is 24.4 Å². The van der Waals surface area contributed by atoms with E-state index in [0.717, 1.165) is 5.56 Å². The van der Waals surface area contributed by atoms with Gasteiger partial charge < -0.3 is 14.8 Å². The summed E-state index contributed by atoms with van der Waals surface area (Å²) >= 11 is 0. The molecule has 3 nitrogen and oxygen atoms in total. The van der Waals surface area contributed by atoms with Crippen molar-refractivity contribution in [2.45, 2.75) is 19.6 Å². The molecule has 1 aromatic carbocycles. The van der Waals surface area contributed by atoms with E-state index < -0.39 is 6.10 Å². The van der Waals surface area contributed by atoms with E-state index >= 15 is 0 Å². The highest BCUT2D eigenvalue weighted by Gasteiger charge is 2.09. The number of halogens is 1. The Hall–Kier alpha value is -1.65. The Bertz CT molecular complexity index is 497. The fourth-order valence-electron chi connectivity index (χ4n) is 1.75. The first-order valence-electron chi connectivity index (χ1n) is 5.84. The molecule has 0 radical (unpaired) electrons. The second-order valence-corrected chi connectivity index (χ2v) is 4.25. The van der Waals surface area contributed by atoms with Crippen molar-refractivity contribution < 1.29 is 13.9 Å². The summed E-state index contributed by atoms with van der Waals surface area (Å²) in [5, 5.41) is 12.9. The molecule has 0 amide bonds. The van der Waals surface area contributed by atoms with Crippen molar-refractivity contribution >= 4 is 0 Å². The maximum atomic E-state index is 13.1. The monoisotopic (exact) mass is 249 g/mol. The van der Waals surface area contributed by atoms with E-state index in [1.54, 1.807) is 31.2 Å². The van der Waals surface area contributed by atoms with Gasteiger partial charge in [0.2, 0.25) is 0 Å². The van der Waals surface area contributed by atoms with Crippen LogP contribution in [0.25, 0.3) is 0 Å². The van der Waals surface area contributed by atoms with E-state index in [-0.39, 0.29) is 5.82 Å². The van der Waals surface area contributed by atoms with Crippen LogP contribution in [0.1, 0.15) is 23.0 Å². The number of aliphatic hydroxyl groups is 1. The summed E-state index contributed by atoms with van der Waals surface area (Å²) in [7, 11) is 0. The van der Waals surface area contributed by atoms with Crippen molar-refractivity contribution in [1.82, 2.24) is 5.32 Å². The second kappa shape index (κ2) is 5.80. The zero-order valence-electron chi connectivity index (χ0n) is 10.2. The second-order valence-electron chi connectivity index (χ2n) is 4.25. The summed E-state index contributed by atoms with van der Waals surface area (Å²) in [4.78, 5) is 0. The average molecular weight is 249 g/mol. The van der Waals surface area contributed by atoms with Crippen LogP contribution in [0.3, 0.4) is 0 Å². The van der Waals surface area contributed by atoms with Crippen molar-refractivity contribution in [3.05, 3.63) is 59.3 Å². The van der Waals surface area contributed by atoms with Crippen LogP contribution < -0.4 is 5.32 Å². The number of aryl methyl sites for hydroxylation is 1. The standard InChI is InChI=1S/C14H16FNO2/c1-10-7-11(4-5-12(10)15)8-16-9-13(17)14-3-2-6-18-14/h2-7,13,16-17H,8-9H2,1H3. The predicted octanol–water partition coefficient (Wildman–Crippen LogP) is 2.55. The normalized spacial score (nSPS) is 12.6. The van der Waals surface area contributed by atoms with Gasteiger partial charge in [0, 0.05) is 13.1 Å². The zero-order valence-corrected chi connectivity index (χ0v) is 10.2. The van der Waals surface area contributed by atoms with E-state index in [1.165, 1.54) is 12.3 Å². The van der Waals surface area contributed by atoms with E-state index in [1.807, 2.05) is 0 Å². The molecule has 0 fully saturated rings. The van der Waals surface area contributed by atoms with E-state index in [4.69, 9.17) is 4.42 Å². The first-order chi connectivity index (χ1) is 8.66. The lowest BCUT2D eigenvalue weighted by Gasteiger charge is -2.10. The number of nitrogens with one attached hydrogen (secondary N) is 1. The third kappa shape index (κ3) is 3.18. The molecule has 0 saturated heterocycles. The van der Waals surface area contributed by atoms with Crippen LogP contribution in [0.2, 0.25) is 0 Å².